The minimum absolute atomic E-state index is 0.260. The molecule has 2 aromatic rings. The molecule has 0 spiro atoms. The lowest BCUT2D eigenvalue weighted by atomic mass is 10.0. The molecular weight excluding hydrogens is 253 g/mol. The predicted molar refractivity (Wildman–Crippen MR) is 80.4 cm³/mol. The number of halogens is 1. The zero-order valence-corrected chi connectivity index (χ0v) is 11.9. The quantitative estimate of drug-likeness (QED) is 0.863. The lowest BCUT2D eigenvalue weighted by molar-refractivity contribution is 0.171. The van der Waals surface area contributed by atoms with Crippen LogP contribution in [0.15, 0.2) is 42.5 Å². The summed E-state index contributed by atoms with van der Waals surface area (Å²) in [6.45, 7) is 4.69. The Bertz CT molecular complexity index is 583. The summed E-state index contributed by atoms with van der Waals surface area (Å²) < 4.78 is 13.0. The van der Waals surface area contributed by atoms with Crippen LogP contribution in [0.3, 0.4) is 0 Å². The second kappa shape index (κ2) is 6.53. The lowest BCUT2D eigenvalue weighted by Gasteiger charge is -2.14. The number of hydrogen-bond acceptors (Lipinski definition) is 2. The summed E-state index contributed by atoms with van der Waals surface area (Å²) in [4.78, 5) is 0. The van der Waals surface area contributed by atoms with Crippen LogP contribution in [0.5, 0.6) is 0 Å². The van der Waals surface area contributed by atoms with Crippen molar-refractivity contribution in [2.75, 3.05) is 11.9 Å². The van der Waals surface area contributed by atoms with E-state index in [0.29, 0.717) is 13.0 Å². The number of aliphatic hydroxyl groups excluding tert-OH is 1. The summed E-state index contributed by atoms with van der Waals surface area (Å²) in [5.74, 6) is -0.260. The van der Waals surface area contributed by atoms with Gasteiger partial charge in [0.15, 0.2) is 0 Å². The molecule has 1 atom stereocenters. The van der Waals surface area contributed by atoms with Gasteiger partial charge >= 0.3 is 0 Å². The van der Waals surface area contributed by atoms with Gasteiger partial charge in [0, 0.05) is 12.2 Å². The number of aliphatic hydroxyl groups is 1. The smallest absolute Gasteiger partial charge is 0.125 e. The Morgan fingerprint density at radius 2 is 1.90 bits per heavy atom. The SMILES string of the molecule is Cc1ccc(C(O)CCNc2cccc(F)c2)cc1C. The average Bonchev–Trinajstić information content (AvgIpc) is 2.42. The fourth-order valence-electron chi connectivity index (χ4n) is 2.09. The van der Waals surface area contributed by atoms with Crippen molar-refractivity contribution in [3.63, 3.8) is 0 Å². The second-order valence-electron chi connectivity index (χ2n) is 5.09. The molecule has 0 aliphatic heterocycles. The Labute approximate surface area is 119 Å². The standard InChI is InChI=1S/C17H20FNO/c1-12-6-7-14(10-13(12)2)17(20)8-9-19-16-5-3-4-15(18)11-16/h3-7,10-11,17,19-20H,8-9H2,1-2H3. The van der Waals surface area contributed by atoms with Gasteiger partial charge in [-0.25, -0.2) is 4.39 Å². The van der Waals surface area contributed by atoms with Crippen LogP contribution in [0.25, 0.3) is 0 Å². The van der Waals surface area contributed by atoms with E-state index >= 15 is 0 Å². The molecule has 2 N–H and O–H groups in total. The van der Waals surface area contributed by atoms with Crippen LogP contribution in [-0.4, -0.2) is 11.7 Å². The monoisotopic (exact) mass is 273 g/mol. The van der Waals surface area contributed by atoms with Gasteiger partial charge in [-0.3, -0.25) is 0 Å². The highest BCUT2D eigenvalue weighted by Gasteiger charge is 2.08. The van der Waals surface area contributed by atoms with Crippen LogP contribution in [0, 0.1) is 19.7 Å². The first-order valence-corrected chi connectivity index (χ1v) is 6.81. The molecule has 20 heavy (non-hydrogen) atoms. The first kappa shape index (κ1) is 14.5. The van der Waals surface area contributed by atoms with Crippen LogP contribution in [0.2, 0.25) is 0 Å². The summed E-state index contributed by atoms with van der Waals surface area (Å²) in [7, 11) is 0. The van der Waals surface area contributed by atoms with Gasteiger partial charge in [0.25, 0.3) is 0 Å². The van der Waals surface area contributed by atoms with Gasteiger partial charge in [0.1, 0.15) is 5.82 Å². The molecule has 0 aliphatic rings. The third-order valence-electron chi connectivity index (χ3n) is 3.49. The maximum Gasteiger partial charge on any atom is 0.125 e. The fraction of sp³-hybridized carbons (Fsp3) is 0.294. The van der Waals surface area contributed by atoms with Gasteiger partial charge in [0.2, 0.25) is 0 Å². The van der Waals surface area contributed by atoms with E-state index in [9.17, 15) is 9.50 Å². The topological polar surface area (TPSA) is 32.3 Å². The highest BCUT2D eigenvalue weighted by Crippen LogP contribution is 2.20. The van der Waals surface area contributed by atoms with Crippen molar-refractivity contribution in [1.29, 1.82) is 0 Å². The minimum atomic E-state index is -0.504. The Morgan fingerprint density at radius 3 is 2.60 bits per heavy atom. The molecule has 106 valence electrons. The fourth-order valence-corrected chi connectivity index (χ4v) is 2.09. The van der Waals surface area contributed by atoms with E-state index in [4.69, 9.17) is 0 Å². The lowest BCUT2D eigenvalue weighted by Crippen LogP contribution is -2.08. The highest BCUT2D eigenvalue weighted by molar-refractivity contribution is 5.43. The first-order valence-electron chi connectivity index (χ1n) is 6.81. The van der Waals surface area contributed by atoms with Crippen molar-refractivity contribution in [1.82, 2.24) is 0 Å². The summed E-state index contributed by atoms with van der Waals surface area (Å²) in [6, 6.07) is 12.3. The summed E-state index contributed by atoms with van der Waals surface area (Å²) in [5.41, 5.74) is 4.06. The van der Waals surface area contributed by atoms with E-state index in [1.54, 1.807) is 6.07 Å². The van der Waals surface area contributed by atoms with Gasteiger partial charge in [-0.2, -0.15) is 0 Å². The normalized spacial score (nSPS) is 12.2. The van der Waals surface area contributed by atoms with E-state index in [1.165, 1.54) is 23.3 Å². The van der Waals surface area contributed by atoms with E-state index in [0.717, 1.165) is 11.3 Å². The van der Waals surface area contributed by atoms with Crippen LogP contribution in [0.1, 0.15) is 29.2 Å². The maximum atomic E-state index is 13.0. The molecule has 2 nitrogen and oxygen atoms in total. The van der Waals surface area contributed by atoms with Crippen LogP contribution in [-0.2, 0) is 0 Å². The second-order valence-corrected chi connectivity index (χ2v) is 5.09. The number of benzene rings is 2. The molecule has 0 aromatic heterocycles. The Balaban J connectivity index is 1.88. The van der Waals surface area contributed by atoms with Crippen LogP contribution >= 0.6 is 0 Å². The molecule has 0 heterocycles. The molecule has 0 radical (unpaired) electrons. The van der Waals surface area contributed by atoms with Crippen molar-refractivity contribution in [2.45, 2.75) is 26.4 Å². The van der Waals surface area contributed by atoms with Crippen LogP contribution < -0.4 is 5.32 Å². The number of rotatable bonds is 5. The summed E-state index contributed by atoms with van der Waals surface area (Å²) >= 11 is 0. The highest BCUT2D eigenvalue weighted by atomic mass is 19.1. The predicted octanol–water partition coefficient (Wildman–Crippen LogP) is 3.98. The van der Waals surface area contributed by atoms with E-state index in [1.807, 2.05) is 31.2 Å². The van der Waals surface area contributed by atoms with Gasteiger partial charge < -0.3 is 10.4 Å². The van der Waals surface area contributed by atoms with Crippen molar-refractivity contribution < 1.29 is 9.50 Å². The number of hydrogen-bond donors (Lipinski definition) is 2. The van der Waals surface area contributed by atoms with E-state index < -0.39 is 6.10 Å². The third-order valence-corrected chi connectivity index (χ3v) is 3.49. The molecular formula is C17H20FNO. The Morgan fingerprint density at radius 1 is 1.10 bits per heavy atom. The number of aryl methyl sites for hydroxylation is 2. The van der Waals surface area contributed by atoms with E-state index in [2.05, 4.69) is 12.2 Å². The molecule has 0 saturated carbocycles. The molecule has 1 unspecified atom stereocenters. The molecule has 0 aliphatic carbocycles. The zero-order valence-electron chi connectivity index (χ0n) is 11.9. The molecule has 3 heteroatoms. The first-order chi connectivity index (χ1) is 9.56. The van der Waals surface area contributed by atoms with Gasteiger partial charge in [-0.1, -0.05) is 24.3 Å². The molecule has 2 rings (SSSR count). The zero-order chi connectivity index (χ0) is 14.5. The molecule has 0 amide bonds. The summed E-state index contributed by atoms with van der Waals surface area (Å²) in [5, 5.41) is 13.3. The minimum Gasteiger partial charge on any atom is -0.388 e. The maximum absolute atomic E-state index is 13.0. The average molecular weight is 273 g/mol. The van der Waals surface area contributed by atoms with Crippen LogP contribution in [0.4, 0.5) is 10.1 Å². The Hall–Kier alpha value is -1.87. The molecule has 2 aromatic carbocycles. The van der Waals surface area contributed by atoms with Gasteiger partial charge in [0.05, 0.1) is 6.10 Å². The van der Waals surface area contributed by atoms with Crippen molar-refractivity contribution in [3.05, 3.63) is 65.0 Å². The van der Waals surface area contributed by atoms with E-state index in [-0.39, 0.29) is 5.82 Å². The largest absolute Gasteiger partial charge is 0.388 e. The van der Waals surface area contributed by atoms with Crippen molar-refractivity contribution in [2.24, 2.45) is 0 Å². The number of anilines is 1. The molecule has 0 bridgehead atoms. The van der Waals surface area contributed by atoms with Crippen molar-refractivity contribution >= 4 is 5.69 Å². The Kier molecular flexibility index (Phi) is 4.74. The summed E-state index contributed by atoms with van der Waals surface area (Å²) in [6.07, 6.45) is 0.0781. The van der Waals surface area contributed by atoms with Gasteiger partial charge in [-0.15, -0.1) is 0 Å². The number of nitrogens with one attached hydrogen (secondary N) is 1. The van der Waals surface area contributed by atoms with Crippen molar-refractivity contribution in [3.8, 4) is 0 Å². The molecule has 0 fully saturated rings. The third kappa shape index (κ3) is 3.81. The molecule has 0 saturated heterocycles. The van der Waals surface area contributed by atoms with Gasteiger partial charge in [-0.05, 0) is 55.2 Å².